The van der Waals surface area contributed by atoms with E-state index >= 15 is 0 Å². The van der Waals surface area contributed by atoms with Crippen molar-refractivity contribution in [3.8, 4) is 0 Å². The highest BCUT2D eigenvalue weighted by Crippen LogP contribution is 2.61. The van der Waals surface area contributed by atoms with Gasteiger partial charge in [0, 0.05) is 0 Å². The van der Waals surface area contributed by atoms with E-state index in [0.29, 0.717) is 10.8 Å². The van der Waals surface area contributed by atoms with E-state index in [2.05, 4.69) is 26.8 Å². The highest BCUT2D eigenvalue weighted by Gasteiger charge is 2.49. The number of fused-ring (bicyclic) bond motifs is 2. The van der Waals surface area contributed by atoms with Gasteiger partial charge in [-0.15, -0.1) is 0 Å². The Bertz CT molecular complexity index is 206. The summed E-state index contributed by atoms with van der Waals surface area (Å²) in [7, 11) is 0. The van der Waals surface area contributed by atoms with Crippen LogP contribution in [-0.4, -0.2) is 0 Å². The van der Waals surface area contributed by atoms with Gasteiger partial charge in [-0.1, -0.05) is 31.9 Å². The van der Waals surface area contributed by atoms with Crippen LogP contribution < -0.4 is 0 Å². The van der Waals surface area contributed by atoms with E-state index in [0.717, 1.165) is 0 Å². The molecule has 0 aromatic heterocycles. The normalized spacial score (nSPS) is 46.4. The van der Waals surface area contributed by atoms with E-state index < -0.39 is 0 Å². The largest absolute Gasteiger partial charge is 0.0874 e. The fourth-order valence-electron chi connectivity index (χ4n) is 3.63. The summed E-state index contributed by atoms with van der Waals surface area (Å²) in [4.78, 5) is 0. The van der Waals surface area contributed by atoms with Crippen molar-refractivity contribution in [2.75, 3.05) is 0 Å². The summed E-state index contributed by atoms with van der Waals surface area (Å²) in [5.74, 6) is 0. The minimum atomic E-state index is 0.585. The van der Waals surface area contributed by atoms with Crippen LogP contribution in [0.2, 0.25) is 0 Å². The van der Waals surface area contributed by atoms with Crippen molar-refractivity contribution in [2.45, 2.75) is 52.9 Å². The second-order valence-electron chi connectivity index (χ2n) is 5.18. The van der Waals surface area contributed by atoms with Crippen molar-refractivity contribution in [3.05, 3.63) is 11.6 Å². The second-order valence-corrected chi connectivity index (χ2v) is 5.18. The fourth-order valence-corrected chi connectivity index (χ4v) is 3.63. The highest BCUT2D eigenvalue weighted by atomic mass is 14.5. The lowest BCUT2D eigenvalue weighted by Crippen LogP contribution is -2.26. The van der Waals surface area contributed by atoms with Crippen molar-refractivity contribution < 1.29 is 0 Å². The first-order valence-corrected chi connectivity index (χ1v) is 5.28. The topological polar surface area (TPSA) is 0 Å². The predicted molar refractivity (Wildman–Crippen MR) is 53.1 cm³/mol. The zero-order valence-electron chi connectivity index (χ0n) is 8.61. The fraction of sp³-hybridized carbons (Fsp3) is 0.833. The van der Waals surface area contributed by atoms with E-state index in [-0.39, 0.29) is 0 Å². The van der Waals surface area contributed by atoms with Crippen LogP contribution in [-0.2, 0) is 0 Å². The van der Waals surface area contributed by atoms with E-state index in [4.69, 9.17) is 0 Å². The maximum atomic E-state index is 2.47. The van der Waals surface area contributed by atoms with Crippen LogP contribution in [0.15, 0.2) is 11.6 Å². The molecule has 2 atom stereocenters. The molecular weight excluding hydrogens is 144 g/mol. The van der Waals surface area contributed by atoms with Crippen LogP contribution in [0.25, 0.3) is 0 Å². The van der Waals surface area contributed by atoms with Gasteiger partial charge in [-0.3, -0.25) is 0 Å². The maximum Gasteiger partial charge on any atom is -0.0111 e. The lowest BCUT2D eigenvalue weighted by Gasteiger charge is -2.38. The monoisotopic (exact) mass is 164 g/mol. The highest BCUT2D eigenvalue weighted by molar-refractivity contribution is 5.28. The molecule has 0 aromatic rings. The predicted octanol–water partition coefficient (Wildman–Crippen LogP) is 3.92. The molecule has 2 unspecified atom stereocenters. The summed E-state index contributed by atoms with van der Waals surface area (Å²) in [5, 5.41) is 0. The van der Waals surface area contributed by atoms with Gasteiger partial charge in [-0.2, -0.15) is 0 Å². The van der Waals surface area contributed by atoms with Gasteiger partial charge in [0.05, 0.1) is 0 Å². The average Bonchev–Trinajstić information content (AvgIpc) is 2.14. The van der Waals surface area contributed by atoms with Crippen molar-refractivity contribution in [1.29, 1.82) is 0 Å². The molecule has 2 aliphatic rings. The average molecular weight is 164 g/mol. The Kier molecular flexibility index (Phi) is 1.65. The van der Waals surface area contributed by atoms with Gasteiger partial charge in [-0.05, 0) is 43.4 Å². The smallest absolute Gasteiger partial charge is 0.0111 e. The minimum absolute atomic E-state index is 0.585. The first-order chi connectivity index (χ1) is 5.61. The molecule has 2 saturated carbocycles. The molecule has 0 heterocycles. The Hall–Kier alpha value is -0.260. The third-order valence-corrected chi connectivity index (χ3v) is 4.27. The van der Waals surface area contributed by atoms with Crippen LogP contribution in [0.1, 0.15) is 52.9 Å². The molecule has 0 aliphatic heterocycles. The molecule has 0 heteroatoms. The quantitative estimate of drug-likeness (QED) is 0.476. The van der Waals surface area contributed by atoms with E-state index in [1.165, 1.54) is 32.1 Å². The van der Waals surface area contributed by atoms with Crippen molar-refractivity contribution in [2.24, 2.45) is 10.8 Å². The summed E-state index contributed by atoms with van der Waals surface area (Å²) in [6.45, 7) is 7.15. The van der Waals surface area contributed by atoms with E-state index in [1.807, 2.05) is 0 Å². The van der Waals surface area contributed by atoms with Gasteiger partial charge in [0.1, 0.15) is 0 Å². The van der Waals surface area contributed by atoms with Gasteiger partial charge in [0.25, 0.3) is 0 Å². The molecule has 0 spiro atoms. The summed E-state index contributed by atoms with van der Waals surface area (Å²) < 4.78 is 0. The van der Waals surface area contributed by atoms with Gasteiger partial charge in [0.2, 0.25) is 0 Å². The molecule has 0 saturated heterocycles. The Labute approximate surface area is 76.1 Å². The summed E-state index contributed by atoms with van der Waals surface area (Å²) in [5.41, 5.74) is 2.94. The van der Waals surface area contributed by atoms with Gasteiger partial charge < -0.3 is 0 Å². The summed E-state index contributed by atoms with van der Waals surface area (Å²) >= 11 is 0. The molecule has 12 heavy (non-hydrogen) atoms. The SMILES string of the molecule is CC=C1C2(C)CCCC1(C)CC2. The standard InChI is InChI=1S/C12H20/c1-4-10-11(2)6-5-7-12(10,3)9-8-11/h4H,5-9H2,1-3H3. The molecule has 68 valence electrons. The lowest BCUT2D eigenvalue weighted by molar-refractivity contribution is 0.274. The van der Waals surface area contributed by atoms with Crippen LogP contribution in [0, 0.1) is 10.8 Å². The van der Waals surface area contributed by atoms with Gasteiger partial charge in [-0.25, -0.2) is 0 Å². The van der Waals surface area contributed by atoms with Crippen molar-refractivity contribution in [3.63, 3.8) is 0 Å². The first kappa shape index (κ1) is 8.34. The number of hydrogen-bond donors (Lipinski definition) is 0. The molecule has 0 N–H and O–H groups in total. The lowest BCUT2D eigenvalue weighted by atomic mass is 9.66. The zero-order valence-corrected chi connectivity index (χ0v) is 8.61. The second kappa shape index (κ2) is 2.37. The number of allylic oxidation sites excluding steroid dienone is 2. The molecule has 2 rings (SSSR count). The van der Waals surface area contributed by atoms with Crippen LogP contribution in [0.5, 0.6) is 0 Å². The molecule has 0 aromatic carbocycles. The number of hydrogen-bond acceptors (Lipinski definition) is 0. The van der Waals surface area contributed by atoms with E-state index in [1.54, 1.807) is 5.57 Å². The third kappa shape index (κ3) is 0.901. The van der Waals surface area contributed by atoms with Gasteiger partial charge >= 0.3 is 0 Å². The Morgan fingerprint density at radius 1 is 1.00 bits per heavy atom. The Morgan fingerprint density at radius 3 is 1.83 bits per heavy atom. The molecular formula is C12H20. The minimum Gasteiger partial charge on any atom is -0.0874 e. The Balaban J connectivity index is 2.42. The molecule has 0 radical (unpaired) electrons. The van der Waals surface area contributed by atoms with E-state index in [9.17, 15) is 0 Å². The molecule has 2 bridgehead atoms. The summed E-state index contributed by atoms with van der Waals surface area (Å²) in [6.07, 6.45) is 9.58. The Morgan fingerprint density at radius 2 is 1.50 bits per heavy atom. The zero-order chi connectivity index (χ0) is 8.82. The van der Waals surface area contributed by atoms with Crippen LogP contribution in [0.4, 0.5) is 0 Å². The van der Waals surface area contributed by atoms with Crippen LogP contribution in [0.3, 0.4) is 0 Å². The first-order valence-electron chi connectivity index (χ1n) is 5.28. The molecule has 2 aliphatic carbocycles. The third-order valence-electron chi connectivity index (χ3n) is 4.27. The maximum absolute atomic E-state index is 2.47. The van der Waals surface area contributed by atoms with Gasteiger partial charge in [0.15, 0.2) is 0 Å². The van der Waals surface area contributed by atoms with Crippen molar-refractivity contribution >= 4 is 0 Å². The molecule has 0 amide bonds. The van der Waals surface area contributed by atoms with Crippen LogP contribution >= 0.6 is 0 Å². The summed E-state index contributed by atoms with van der Waals surface area (Å²) in [6, 6.07) is 0. The van der Waals surface area contributed by atoms with Crippen molar-refractivity contribution in [1.82, 2.24) is 0 Å². The molecule has 0 nitrogen and oxygen atoms in total. The number of rotatable bonds is 0. The molecule has 2 fully saturated rings.